The minimum Gasteiger partial charge on any atom is -0.497 e. The molecule has 25 heavy (non-hydrogen) atoms. The van der Waals surface area contributed by atoms with E-state index < -0.39 is 0 Å². The minimum absolute atomic E-state index is 0.00591. The molecule has 1 aromatic rings. The number of likely N-dealkylation sites (tertiary alicyclic amines) is 1. The fourth-order valence-electron chi connectivity index (χ4n) is 3.18. The van der Waals surface area contributed by atoms with Gasteiger partial charge in [0.15, 0.2) is 6.29 Å². The third-order valence-electron chi connectivity index (χ3n) is 4.68. The van der Waals surface area contributed by atoms with E-state index in [1.165, 1.54) is 0 Å². The topological polar surface area (TPSA) is 77.1 Å². The monoisotopic (exact) mass is 348 g/mol. The number of methoxy groups -OCH3 is 1. The van der Waals surface area contributed by atoms with Crippen LogP contribution in [0.15, 0.2) is 24.3 Å². The summed E-state index contributed by atoms with van der Waals surface area (Å²) in [5.41, 5.74) is 0.503. The summed E-state index contributed by atoms with van der Waals surface area (Å²) >= 11 is 0. The summed E-state index contributed by atoms with van der Waals surface area (Å²) in [5.74, 6) is 0.707. The molecule has 0 spiro atoms. The zero-order valence-corrected chi connectivity index (χ0v) is 14.4. The number of carbonyl (C=O) groups is 2. The van der Waals surface area contributed by atoms with Gasteiger partial charge in [-0.05, 0) is 37.1 Å². The van der Waals surface area contributed by atoms with Crippen molar-refractivity contribution in [3.8, 4) is 5.75 Å². The third-order valence-corrected chi connectivity index (χ3v) is 4.68. The van der Waals surface area contributed by atoms with Crippen LogP contribution in [0.25, 0.3) is 0 Å². The molecular formula is C18H24N2O5. The quantitative estimate of drug-likeness (QED) is 0.860. The molecule has 0 bridgehead atoms. The lowest BCUT2D eigenvalue weighted by molar-refractivity contribution is -0.135. The highest BCUT2D eigenvalue weighted by Gasteiger charge is 2.31. The fraction of sp³-hybridized carbons (Fsp3) is 0.556. The molecular weight excluding hydrogens is 324 g/mol. The van der Waals surface area contributed by atoms with Crippen molar-refractivity contribution in [2.24, 2.45) is 5.92 Å². The number of nitrogens with zero attached hydrogens (tertiary/aromatic N) is 1. The number of piperidine rings is 1. The van der Waals surface area contributed by atoms with Crippen LogP contribution in [0.1, 0.15) is 23.2 Å². The van der Waals surface area contributed by atoms with Crippen LogP contribution < -0.4 is 10.1 Å². The molecule has 136 valence electrons. The summed E-state index contributed by atoms with van der Waals surface area (Å²) in [4.78, 5) is 26.2. The van der Waals surface area contributed by atoms with E-state index in [1.807, 2.05) is 0 Å². The Bertz CT molecular complexity index is 590. The summed E-state index contributed by atoms with van der Waals surface area (Å²) < 4.78 is 16.1. The highest BCUT2D eigenvalue weighted by molar-refractivity contribution is 5.96. The van der Waals surface area contributed by atoms with E-state index in [0.29, 0.717) is 43.5 Å². The Morgan fingerprint density at radius 2 is 1.80 bits per heavy atom. The van der Waals surface area contributed by atoms with E-state index in [4.69, 9.17) is 14.2 Å². The smallest absolute Gasteiger partial charge is 0.251 e. The van der Waals surface area contributed by atoms with Gasteiger partial charge in [0.25, 0.3) is 5.91 Å². The van der Waals surface area contributed by atoms with E-state index >= 15 is 0 Å². The first-order valence-electron chi connectivity index (χ1n) is 8.60. The summed E-state index contributed by atoms with van der Waals surface area (Å²) in [6.07, 6.45) is 1.61. The number of ether oxygens (including phenoxy) is 3. The Labute approximate surface area is 147 Å². The average molecular weight is 348 g/mol. The molecule has 2 aliphatic rings. The zero-order valence-electron chi connectivity index (χ0n) is 14.4. The molecule has 0 radical (unpaired) electrons. The molecule has 1 aromatic carbocycles. The van der Waals surface area contributed by atoms with E-state index in [2.05, 4.69) is 5.32 Å². The van der Waals surface area contributed by atoms with Gasteiger partial charge in [0.1, 0.15) is 5.75 Å². The molecule has 0 atom stereocenters. The van der Waals surface area contributed by atoms with Gasteiger partial charge in [-0.15, -0.1) is 0 Å². The second-order valence-corrected chi connectivity index (χ2v) is 6.24. The molecule has 7 heteroatoms. The molecule has 2 heterocycles. The van der Waals surface area contributed by atoms with Gasteiger partial charge in [-0.25, -0.2) is 0 Å². The summed E-state index contributed by atoms with van der Waals surface area (Å²) in [5, 5.41) is 2.68. The SMILES string of the molecule is COc1ccc(C(=O)NCC(=O)N2CCC(C3OCCO3)CC2)cc1. The normalized spacial score (nSPS) is 19.0. The number of rotatable bonds is 5. The van der Waals surface area contributed by atoms with Crippen LogP contribution in [0.5, 0.6) is 5.75 Å². The van der Waals surface area contributed by atoms with E-state index in [9.17, 15) is 9.59 Å². The van der Waals surface area contributed by atoms with E-state index in [1.54, 1.807) is 36.3 Å². The lowest BCUT2D eigenvalue weighted by Crippen LogP contribution is -2.45. The Morgan fingerprint density at radius 1 is 1.16 bits per heavy atom. The summed E-state index contributed by atoms with van der Waals surface area (Å²) in [6, 6.07) is 6.78. The van der Waals surface area contributed by atoms with Crippen molar-refractivity contribution < 1.29 is 23.8 Å². The van der Waals surface area contributed by atoms with Crippen molar-refractivity contribution >= 4 is 11.8 Å². The summed E-state index contributed by atoms with van der Waals surface area (Å²) in [7, 11) is 1.57. The van der Waals surface area contributed by atoms with Gasteiger partial charge >= 0.3 is 0 Å². The van der Waals surface area contributed by atoms with Crippen molar-refractivity contribution in [3.05, 3.63) is 29.8 Å². The minimum atomic E-state index is -0.265. The number of hydrogen-bond donors (Lipinski definition) is 1. The fourth-order valence-corrected chi connectivity index (χ4v) is 3.18. The molecule has 7 nitrogen and oxygen atoms in total. The molecule has 2 saturated heterocycles. The maximum absolute atomic E-state index is 12.3. The van der Waals surface area contributed by atoms with Gasteiger partial charge in [-0.2, -0.15) is 0 Å². The Hall–Kier alpha value is -2.12. The van der Waals surface area contributed by atoms with Crippen LogP contribution >= 0.6 is 0 Å². The van der Waals surface area contributed by atoms with Gasteiger partial charge in [0, 0.05) is 24.6 Å². The van der Waals surface area contributed by atoms with Crippen molar-refractivity contribution in [2.45, 2.75) is 19.1 Å². The van der Waals surface area contributed by atoms with Gasteiger partial charge < -0.3 is 24.4 Å². The van der Waals surface area contributed by atoms with Crippen LogP contribution in [0.4, 0.5) is 0 Å². The molecule has 0 saturated carbocycles. The van der Waals surface area contributed by atoms with Crippen LogP contribution in [-0.2, 0) is 14.3 Å². The van der Waals surface area contributed by atoms with Gasteiger partial charge in [-0.3, -0.25) is 9.59 Å². The van der Waals surface area contributed by atoms with E-state index in [0.717, 1.165) is 12.8 Å². The second kappa shape index (κ2) is 8.31. The molecule has 0 aliphatic carbocycles. The number of carbonyl (C=O) groups excluding carboxylic acids is 2. The lowest BCUT2D eigenvalue weighted by Gasteiger charge is -2.33. The first-order chi connectivity index (χ1) is 12.2. The summed E-state index contributed by atoms with van der Waals surface area (Å²) in [6.45, 7) is 2.66. The molecule has 1 N–H and O–H groups in total. The Balaban J connectivity index is 1.42. The predicted molar refractivity (Wildman–Crippen MR) is 90.3 cm³/mol. The number of hydrogen-bond acceptors (Lipinski definition) is 5. The lowest BCUT2D eigenvalue weighted by atomic mass is 9.96. The van der Waals surface area contributed by atoms with Crippen LogP contribution in [0.2, 0.25) is 0 Å². The van der Waals surface area contributed by atoms with Gasteiger partial charge in [-0.1, -0.05) is 0 Å². The molecule has 0 unspecified atom stereocenters. The highest BCUT2D eigenvalue weighted by Crippen LogP contribution is 2.25. The maximum atomic E-state index is 12.3. The van der Waals surface area contributed by atoms with Crippen molar-refractivity contribution in [1.29, 1.82) is 0 Å². The molecule has 2 amide bonds. The van der Waals surface area contributed by atoms with Crippen molar-refractivity contribution in [3.63, 3.8) is 0 Å². The van der Waals surface area contributed by atoms with Crippen LogP contribution in [0.3, 0.4) is 0 Å². The number of amides is 2. The molecule has 2 fully saturated rings. The van der Waals surface area contributed by atoms with E-state index in [-0.39, 0.29) is 24.6 Å². The van der Waals surface area contributed by atoms with Gasteiger partial charge in [0.05, 0.1) is 26.9 Å². The van der Waals surface area contributed by atoms with Crippen LogP contribution in [0, 0.1) is 5.92 Å². The average Bonchev–Trinajstić information content (AvgIpc) is 3.21. The van der Waals surface area contributed by atoms with Crippen molar-refractivity contribution in [1.82, 2.24) is 10.2 Å². The molecule has 2 aliphatic heterocycles. The maximum Gasteiger partial charge on any atom is 0.251 e. The Morgan fingerprint density at radius 3 is 2.40 bits per heavy atom. The Kier molecular flexibility index (Phi) is 5.88. The third kappa shape index (κ3) is 4.49. The highest BCUT2D eigenvalue weighted by atomic mass is 16.7. The first-order valence-corrected chi connectivity index (χ1v) is 8.60. The van der Waals surface area contributed by atoms with Gasteiger partial charge in [0.2, 0.25) is 5.91 Å². The largest absolute Gasteiger partial charge is 0.497 e. The second-order valence-electron chi connectivity index (χ2n) is 6.24. The number of nitrogens with one attached hydrogen (secondary N) is 1. The van der Waals surface area contributed by atoms with Crippen LogP contribution in [-0.4, -0.2) is 63.0 Å². The standard InChI is InChI=1S/C18H24N2O5/c1-23-15-4-2-13(3-5-15)17(22)19-12-16(21)20-8-6-14(7-9-20)18-24-10-11-25-18/h2-5,14,18H,6-12H2,1H3,(H,19,22). The predicted octanol–water partition coefficient (Wildman–Crippen LogP) is 1.04. The molecule has 3 rings (SSSR count). The number of benzene rings is 1. The first kappa shape index (κ1) is 17.7. The van der Waals surface area contributed by atoms with Crippen molar-refractivity contribution in [2.75, 3.05) is 40.0 Å². The zero-order chi connectivity index (χ0) is 17.6. The molecule has 0 aromatic heterocycles.